The van der Waals surface area contributed by atoms with Crippen LogP contribution in [0.3, 0.4) is 0 Å². The van der Waals surface area contributed by atoms with E-state index >= 15 is 0 Å². The normalized spacial score (nSPS) is 13.3. The maximum absolute atomic E-state index is 5.96. The molecule has 0 fully saturated rings. The van der Waals surface area contributed by atoms with Crippen molar-refractivity contribution in [2.75, 3.05) is 7.11 Å². The lowest BCUT2D eigenvalue weighted by Gasteiger charge is -2.42. The highest BCUT2D eigenvalue weighted by atomic mass is 16.5. The molecular formula is C22H38O. The third kappa shape index (κ3) is 3.59. The van der Waals surface area contributed by atoms with Gasteiger partial charge < -0.3 is 4.74 Å². The molecule has 1 nitrogen and oxygen atoms in total. The van der Waals surface area contributed by atoms with E-state index in [1.165, 1.54) is 22.3 Å². The van der Waals surface area contributed by atoms with Crippen molar-refractivity contribution >= 4 is 0 Å². The summed E-state index contributed by atoms with van der Waals surface area (Å²) in [6, 6.07) is 2.43. The summed E-state index contributed by atoms with van der Waals surface area (Å²) in [6.07, 6.45) is 2.08. The third-order valence-corrected chi connectivity index (χ3v) is 5.76. The molecule has 0 unspecified atom stereocenters. The van der Waals surface area contributed by atoms with Crippen LogP contribution in [-0.4, -0.2) is 7.11 Å². The van der Waals surface area contributed by atoms with Gasteiger partial charge in [-0.3, -0.25) is 0 Å². The van der Waals surface area contributed by atoms with E-state index in [-0.39, 0.29) is 16.2 Å². The molecule has 23 heavy (non-hydrogen) atoms. The lowest BCUT2D eigenvalue weighted by atomic mass is 9.63. The van der Waals surface area contributed by atoms with Gasteiger partial charge in [0.05, 0.1) is 7.11 Å². The van der Waals surface area contributed by atoms with Gasteiger partial charge >= 0.3 is 0 Å². The molecule has 0 aromatic heterocycles. The monoisotopic (exact) mass is 318 g/mol. The standard InChI is InChI=1S/C22H38O/c1-12-15-16(13-2)19(23-11)18(14-17(15)20(3,4)5)22(9,10)21(6,7)8/h14H,12-13H2,1-11H3. The fourth-order valence-corrected chi connectivity index (χ4v) is 3.31. The fourth-order valence-electron chi connectivity index (χ4n) is 3.31. The lowest BCUT2D eigenvalue weighted by Crippen LogP contribution is -2.35. The maximum Gasteiger partial charge on any atom is 0.126 e. The van der Waals surface area contributed by atoms with Gasteiger partial charge in [0.1, 0.15) is 5.75 Å². The van der Waals surface area contributed by atoms with Crippen LogP contribution in [0, 0.1) is 5.41 Å². The molecule has 0 spiro atoms. The summed E-state index contributed by atoms with van der Waals surface area (Å²) in [4.78, 5) is 0. The summed E-state index contributed by atoms with van der Waals surface area (Å²) in [7, 11) is 1.83. The van der Waals surface area contributed by atoms with Crippen LogP contribution in [0.1, 0.15) is 91.5 Å². The van der Waals surface area contributed by atoms with Gasteiger partial charge in [-0.2, -0.15) is 0 Å². The number of hydrogen-bond donors (Lipinski definition) is 0. The van der Waals surface area contributed by atoms with Gasteiger partial charge in [0.2, 0.25) is 0 Å². The third-order valence-electron chi connectivity index (χ3n) is 5.76. The Morgan fingerprint density at radius 1 is 0.783 bits per heavy atom. The van der Waals surface area contributed by atoms with Crippen molar-refractivity contribution in [2.24, 2.45) is 5.41 Å². The van der Waals surface area contributed by atoms with Gasteiger partial charge in [-0.05, 0) is 45.8 Å². The van der Waals surface area contributed by atoms with Gasteiger partial charge in [0, 0.05) is 5.56 Å². The minimum Gasteiger partial charge on any atom is -0.496 e. The zero-order valence-electron chi connectivity index (χ0n) is 17.4. The fraction of sp³-hybridized carbons (Fsp3) is 0.727. The summed E-state index contributed by atoms with van der Waals surface area (Å²) >= 11 is 0. The van der Waals surface area contributed by atoms with Gasteiger partial charge in [-0.25, -0.2) is 0 Å². The quantitative estimate of drug-likeness (QED) is 0.620. The van der Waals surface area contributed by atoms with E-state index in [0.29, 0.717) is 0 Å². The van der Waals surface area contributed by atoms with E-state index in [2.05, 4.69) is 75.3 Å². The van der Waals surface area contributed by atoms with Crippen molar-refractivity contribution in [1.82, 2.24) is 0 Å². The summed E-state index contributed by atoms with van der Waals surface area (Å²) in [6.45, 7) is 23.1. The smallest absolute Gasteiger partial charge is 0.126 e. The zero-order chi connectivity index (χ0) is 18.2. The van der Waals surface area contributed by atoms with Crippen LogP contribution in [0.4, 0.5) is 0 Å². The van der Waals surface area contributed by atoms with E-state index in [1.807, 2.05) is 7.11 Å². The average molecular weight is 319 g/mol. The van der Waals surface area contributed by atoms with E-state index in [4.69, 9.17) is 4.74 Å². The highest BCUT2D eigenvalue weighted by molar-refractivity contribution is 5.55. The molecule has 132 valence electrons. The molecule has 0 saturated carbocycles. The van der Waals surface area contributed by atoms with Crippen LogP contribution < -0.4 is 4.74 Å². The molecule has 0 amide bonds. The molecule has 0 radical (unpaired) electrons. The first-order valence-corrected chi connectivity index (χ1v) is 9.06. The van der Waals surface area contributed by atoms with Crippen LogP contribution in [0.2, 0.25) is 0 Å². The van der Waals surface area contributed by atoms with Crippen molar-refractivity contribution in [3.8, 4) is 5.75 Å². The van der Waals surface area contributed by atoms with Crippen molar-refractivity contribution in [2.45, 2.75) is 92.9 Å². The Bertz CT molecular complexity index is 551. The molecule has 1 heteroatoms. The van der Waals surface area contributed by atoms with Crippen molar-refractivity contribution < 1.29 is 4.74 Å². The lowest BCUT2D eigenvalue weighted by molar-refractivity contribution is 0.218. The number of hydrogen-bond acceptors (Lipinski definition) is 1. The average Bonchev–Trinajstić information content (AvgIpc) is 2.42. The van der Waals surface area contributed by atoms with Crippen molar-refractivity contribution in [3.63, 3.8) is 0 Å². The molecule has 1 aromatic rings. The topological polar surface area (TPSA) is 9.23 Å². The Labute approximate surface area is 144 Å². The molecule has 1 rings (SSSR count). The van der Waals surface area contributed by atoms with Crippen LogP contribution in [-0.2, 0) is 23.7 Å². The molecule has 1 aromatic carbocycles. The van der Waals surface area contributed by atoms with Crippen molar-refractivity contribution in [1.29, 1.82) is 0 Å². The first-order chi connectivity index (χ1) is 10.3. The number of benzene rings is 1. The first kappa shape index (κ1) is 20.1. The predicted octanol–water partition coefficient (Wildman–Crippen LogP) is 6.44. The first-order valence-electron chi connectivity index (χ1n) is 9.06. The van der Waals surface area contributed by atoms with Crippen molar-refractivity contribution in [3.05, 3.63) is 28.3 Å². The van der Waals surface area contributed by atoms with Gasteiger partial charge in [0.15, 0.2) is 0 Å². The van der Waals surface area contributed by atoms with Gasteiger partial charge in [0.25, 0.3) is 0 Å². The number of methoxy groups -OCH3 is 1. The number of rotatable bonds is 4. The second kappa shape index (κ2) is 6.49. The number of ether oxygens (including phenoxy) is 1. The molecule has 0 heterocycles. The van der Waals surface area contributed by atoms with Crippen LogP contribution in [0.25, 0.3) is 0 Å². The Balaban J connectivity index is 3.92. The van der Waals surface area contributed by atoms with Crippen LogP contribution in [0.15, 0.2) is 6.07 Å². The zero-order valence-corrected chi connectivity index (χ0v) is 17.4. The Morgan fingerprint density at radius 3 is 1.57 bits per heavy atom. The van der Waals surface area contributed by atoms with E-state index in [1.54, 1.807) is 0 Å². The summed E-state index contributed by atoms with van der Waals surface area (Å²) in [5, 5.41) is 0. The second-order valence-corrected chi connectivity index (χ2v) is 9.29. The van der Waals surface area contributed by atoms with Gasteiger partial charge in [-0.15, -0.1) is 0 Å². The molecule has 0 aliphatic carbocycles. The highest BCUT2D eigenvalue weighted by Crippen LogP contribution is 2.48. The summed E-state index contributed by atoms with van der Waals surface area (Å²) in [5.74, 6) is 1.11. The van der Waals surface area contributed by atoms with E-state index in [9.17, 15) is 0 Å². The highest BCUT2D eigenvalue weighted by Gasteiger charge is 2.38. The molecular weight excluding hydrogens is 280 g/mol. The predicted molar refractivity (Wildman–Crippen MR) is 103 cm³/mol. The summed E-state index contributed by atoms with van der Waals surface area (Å²) in [5.41, 5.74) is 6.05. The van der Waals surface area contributed by atoms with Crippen LogP contribution >= 0.6 is 0 Å². The minimum absolute atomic E-state index is 0.0362. The van der Waals surface area contributed by atoms with Gasteiger partial charge in [-0.1, -0.05) is 75.3 Å². The minimum atomic E-state index is 0.0362. The SMILES string of the molecule is CCc1c(C(C)(C)C)cc(C(C)(C)C(C)(C)C)c(OC)c1CC. The Hall–Kier alpha value is -0.980. The summed E-state index contributed by atoms with van der Waals surface area (Å²) < 4.78 is 5.96. The molecule has 0 aliphatic rings. The molecule has 0 N–H and O–H groups in total. The largest absolute Gasteiger partial charge is 0.496 e. The Kier molecular flexibility index (Phi) is 5.66. The Morgan fingerprint density at radius 2 is 1.26 bits per heavy atom. The second-order valence-electron chi connectivity index (χ2n) is 9.29. The van der Waals surface area contributed by atoms with E-state index < -0.39 is 0 Å². The van der Waals surface area contributed by atoms with E-state index in [0.717, 1.165) is 18.6 Å². The molecule has 0 aliphatic heterocycles. The molecule has 0 saturated heterocycles. The van der Waals surface area contributed by atoms with Crippen LogP contribution in [0.5, 0.6) is 5.75 Å². The molecule has 0 bridgehead atoms. The maximum atomic E-state index is 5.96. The molecule has 0 atom stereocenters.